The Morgan fingerprint density at radius 3 is 2.64 bits per heavy atom. The van der Waals surface area contributed by atoms with Crippen LogP contribution in [0, 0.1) is 0 Å². The Balaban J connectivity index is 1.55. The summed E-state index contributed by atoms with van der Waals surface area (Å²) in [5.41, 5.74) is 1.44. The largest absolute Gasteiger partial charge is 0.490 e. The average molecular weight is 343 g/mol. The number of amides is 3. The molecule has 25 heavy (non-hydrogen) atoms. The van der Waals surface area contributed by atoms with E-state index in [0.29, 0.717) is 18.5 Å². The normalized spacial score (nSPS) is 24.2. The predicted octanol–water partition coefficient (Wildman–Crippen LogP) is 0.578. The molecule has 0 saturated carbocycles. The number of fused-ring (bicyclic) bond motifs is 1. The van der Waals surface area contributed by atoms with Gasteiger partial charge >= 0.3 is 0 Å². The molecule has 1 aromatic carbocycles. The molecule has 2 saturated heterocycles. The van der Waals surface area contributed by atoms with Crippen LogP contribution in [-0.4, -0.2) is 47.9 Å². The van der Waals surface area contributed by atoms with Gasteiger partial charge in [-0.1, -0.05) is 6.07 Å². The van der Waals surface area contributed by atoms with Gasteiger partial charge in [0.1, 0.15) is 17.9 Å². The number of carbonyl (C=O) groups excluding carboxylic acids is 3. The van der Waals surface area contributed by atoms with Crippen molar-refractivity contribution < 1.29 is 19.1 Å². The SMILES string of the molecule is O=C1CCC(N2Cc3c(OC4CCNCC4)cccc3C2=O)C(=O)N1. The van der Waals surface area contributed by atoms with Crippen LogP contribution in [0.1, 0.15) is 41.6 Å². The first kappa shape index (κ1) is 16.1. The number of imide groups is 1. The Morgan fingerprint density at radius 2 is 1.88 bits per heavy atom. The molecule has 1 aromatic rings. The van der Waals surface area contributed by atoms with E-state index in [9.17, 15) is 14.4 Å². The summed E-state index contributed by atoms with van der Waals surface area (Å²) < 4.78 is 6.15. The van der Waals surface area contributed by atoms with Crippen molar-refractivity contribution in [1.82, 2.24) is 15.5 Å². The first-order valence-corrected chi connectivity index (χ1v) is 8.77. The third kappa shape index (κ3) is 3.00. The summed E-state index contributed by atoms with van der Waals surface area (Å²) in [7, 11) is 0. The molecule has 3 amide bonds. The van der Waals surface area contributed by atoms with E-state index < -0.39 is 11.9 Å². The fourth-order valence-electron chi connectivity index (χ4n) is 3.76. The molecule has 3 heterocycles. The van der Waals surface area contributed by atoms with Crippen LogP contribution in [0.25, 0.3) is 0 Å². The lowest BCUT2D eigenvalue weighted by Crippen LogP contribution is -2.52. The minimum atomic E-state index is -0.593. The van der Waals surface area contributed by atoms with Crippen LogP contribution in [0.5, 0.6) is 5.75 Å². The Kier molecular flexibility index (Phi) is 4.17. The topological polar surface area (TPSA) is 87.7 Å². The molecule has 0 aromatic heterocycles. The molecule has 4 rings (SSSR count). The maximum atomic E-state index is 12.8. The lowest BCUT2D eigenvalue weighted by atomic mass is 10.0. The van der Waals surface area contributed by atoms with E-state index in [0.717, 1.165) is 37.2 Å². The lowest BCUT2D eigenvalue weighted by Gasteiger charge is -2.29. The number of benzene rings is 1. The highest BCUT2D eigenvalue weighted by Crippen LogP contribution is 2.34. The van der Waals surface area contributed by atoms with Gasteiger partial charge in [-0.15, -0.1) is 0 Å². The smallest absolute Gasteiger partial charge is 0.255 e. The Hall–Kier alpha value is -2.41. The van der Waals surface area contributed by atoms with Crippen LogP contribution in [0.3, 0.4) is 0 Å². The number of piperidine rings is 2. The fraction of sp³-hybridized carbons (Fsp3) is 0.500. The molecule has 0 radical (unpaired) electrons. The molecule has 0 aliphatic carbocycles. The Bertz CT molecular complexity index is 727. The lowest BCUT2D eigenvalue weighted by molar-refractivity contribution is -0.136. The van der Waals surface area contributed by atoms with E-state index in [1.54, 1.807) is 11.0 Å². The number of hydrogen-bond acceptors (Lipinski definition) is 5. The second kappa shape index (κ2) is 6.48. The number of nitrogens with one attached hydrogen (secondary N) is 2. The number of rotatable bonds is 3. The van der Waals surface area contributed by atoms with Gasteiger partial charge < -0.3 is 15.0 Å². The highest BCUT2D eigenvalue weighted by Gasteiger charge is 2.40. The molecule has 1 atom stereocenters. The molecule has 7 heteroatoms. The molecule has 3 aliphatic rings. The molecule has 2 N–H and O–H groups in total. The Morgan fingerprint density at radius 1 is 1.08 bits per heavy atom. The number of carbonyl (C=O) groups is 3. The highest BCUT2D eigenvalue weighted by atomic mass is 16.5. The van der Waals surface area contributed by atoms with Crippen LogP contribution in [-0.2, 0) is 16.1 Å². The zero-order chi connectivity index (χ0) is 17.4. The van der Waals surface area contributed by atoms with E-state index in [1.165, 1.54) is 0 Å². The van der Waals surface area contributed by atoms with Crippen LogP contribution in [0.4, 0.5) is 0 Å². The molecule has 0 bridgehead atoms. The van der Waals surface area contributed by atoms with Gasteiger partial charge in [-0.3, -0.25) is 19.7 Å². The number of nitrogens with zero attached hydrogens (tertiary/aromatic N) is 1. The standard InChI is InChI=1S/C18H21N3O4/c22-16-5-4-14(17(23)20-16)21-10-13-12(18(21)24)2-1-3-15(13)25-11-6-8-19-9-7-11/h1-3,11,14,19H,4-10H2,(H,20,22,23). The molecule has 2 fully saturated rings. The molecule has 7 nitrogen and oxygen atoms in total. The zero-order valence-corrected chi connectivity index (χ0v) is 13.9. The number of ether oxygens (including phenoxy) is 1. The summed E-state index contributed by atoms with van der Waals surface area (Å²) in [6, 6.07) is 4.89. The third-order valence-electron chi connectivity index (χ3n) is 5.12. The van der Waals surface area contributed by atoms with Gasteiger partial charge in [-0.25, -0.2) is 0 Å². The van der Waals surface area contributed by atoms with Crippen molar-refractivity contribution in [2.24, 2.45) is 0 Å². The minimum Gasteiger partial charge on any atom is -0.490 e. The zero-order valence-electron chi connectivity index (χ0n) is 13.9. The second-order valence-electron chi connectivity index (χ2n) is 6.75. The molecule has 1 unspecified atom stereocenters. The maximum absolute atomic E-state index is 12.8. The summed E-state index contributed by atoms with van der Waals surface area (Å²) in [5, 5.41) is 5.63. The highest BCUT2D eigenvalue weighted by molar-refractivity contribution is 6.05. The summed E-state index contributed by atoms with van der Waals surface area (Å²) in [4.78, 5) is 37.8. The van der Waals surface area contributed by atoms with Crippen molar-refractivity contribution in [2.45, 2.75) is 44.4 Å². The van der Waals surface area contributed by atoms with Crippen molar-refractivity contribution in [3.63, 3.8) is 0 Å². The van der Waals surface area contributed by atoms with E-state index in [1.807, 2.05) is 12.1 Å². The van der Waals surface area contributed by atoms with Gasteiger partial charge in [0.05, 0.1) is 6.54 Å². The van der Waals surface area contributed by atoms with Gasteiger partial charge in [0.15, 0.2) is 0 Å². The fourth-order valence-corrected chi connectivity index (χ4v) is 3.76. The van der Waals surface area contributed by atoms with Crippen molar-refractivity contribution in [1.29, 1.82) is 0 Å². The number of hydrogen-bond donors (Lipinski definition) is 2. The summed E-state index contributed by atoms with van der Waals surface area (Å²) in [6.07, 6.45) is 2.65. The molecular formula is C18H21N3O4. The van der Waals surface area contributed by atoms with Gasteiger partial charge in [0.2, 0.25) is 11.8 Å². The van der Waals surface area contributed by atoms with Gasteiger partial charge in [0.25, 0.3) is 5.91 Å². The maximum Gasteiger partial charge on any atom is 0.255 e. The van der Waals surface area contributed by atoms with Gasteiger partial charge in [0, 0.05) is 17.5 Å². The van der Waals surface area contributed by atoms with Crippen molar-refractivity contribution in [3.8, 4) is 5.75 Å². The monoisotopic (exact) mass is 343 g/mol. The quantitative estimate of drug-likeness (QED) is 0.784. The van der Waals surface area contributed by atoms with E-state index in [-0.39, 0.29) is 24.3 Å². The van der Waals surface area contributed by atoms with E-state index in [2.05, 4.69) is 10.6 Å². The Labute approximate surface area is 145 Å². The van der Waals surface area contributed by atoms with E-state index in [4.69, 9.17) is 4.74 Å². The average Bonchev–Trinajstić information content (AvgIpc) is 2.94. The molecule has 3 aliphatic heterocycles. The van der Waals surface area contributed by atoms with Gasteiger partial charge in [-0.2, -0.15) is 0 Å². The first-order chi connectivity index (χ1) is 12.1. The van der Waals surface area contributed by atoms with Crippen molar-refractivity contribution in [2.75, 3.05) is 13.1 Å². The third-order valence-corrected chi connectivity index (χ3v) is 5.12. The van der Waals surface area contributed by atoms with Crippen LogP contribution in [0.2, 0.25) is 0 Å². The van der Waals surface area contributed by atoms with Crippen molar-refractivity contribution in [3.05, 3.63) is 29.3 Å². The summed E-state index contributed by atoms with van der Waals surface area (Å²) >= 11 is 0. The van der Waals surface area contributed by atoms with E-state index >= 15 is 0 Å². The first-order valence-electron chi connectivity index (χ1n) is 8.77. The van der Waals surface area contributed by atoms with Crippen molar-refractivity contribution >= 4 is 17.7 Å². The molecule has 0 spiro atoms. The van der Waals surface area contributed by atoms with Crippen LogP contribution >= 0.6 is 0 Å². The van der Waals surface area contributed by atoms with Gasteiger partial charge in [-0.05, 0) is 44.5 Å². The van der Waals surface area contributed by atoms with Crippen LogP contribution in [0.15, 0.2) is 18.2 Å². The molecular weight excluding hydrogens is 322 g/mol. The summed E-state index contributed by atoms with van der Waals surface area (Å²) in [5.74, 6) is -0.105. The molecule has 132 valence electrons. The second-order valence-corrected chi connectivity index (χ2v) is 6.75. The minimum absolute atomic E-state index is 0.146. The predicted molar refractivity (Wildman–Crippen MR) is 89.0 cm³/mol. The van der Waals surface area contributed by atoms with Crippen LogP contribution < -0.4 is 15.4 Å². The summed E-state index contributed by atoms with van der Waals surface area (Å²) in [6.45, 7) is 2.21.